The van der Waals surface area contributed by atoms with Gasteiger partial charge in [-0.25, -0.2) is 0 Å². The van der Waals surface area contributed by atoms with E-state index in [2.05, 4.69) is 132 Å². The highest BCUT2D eigenvalue weighted by atomic mass is 15.0. The number of nitriles is 2. The number of nitrogens with zero attached hydrogens (tertiary/aromatic N) is 3. The molecule has 8 aromatic carbocycles. The molecule has 1 heterocycles. The first-order valence-corrected chi connectivity index (χ1v) is 16.9. The Morgan fingerprint density at radius 3 is 1.29 bits per heavy atom. The Morgan fingerprint density at radius 1 is 0.333 bits per heavy atom. The average Bonchev–Trinajstić information content (AvgIpc) is 3.53. The fourth-order valence-corrected chi connectivity index (χ4v) is 7.32. The Hall–Kier alpha value is -7.20. The molecule has 9 rings (SSSR count). The molecule has 0 radical (unpaired) electrons. The topological polar surface area (TPSA) is 52.5 Å². The van der Waals surface area contributed by atoms with Crippen LogP contribution in [0.15, 0.2) is 176 Å². The van der Waals surface area contributed by atoms with Crippen LogP contribution in [0.25, 0.3) is 82.8 Å². The maximum Gasteiger partial charge on any atom is 0.0992 e. The fraction of sp³-hybridized carbons (Fsp3) is 0. The van der Waals surface area contributed by atoms with E-state index >= 15 is 0 Å². The van der Waals surface area contributed by atoms with Crippen molar-refractivity contribution in [1.82, 2.24) is 4.57 Å². The molecular weight excluding hydrogens is 619 g/mol. The number of aromatic nitrogens is 1. The molecule has 1 aromatic heterocycles. The minimum absolute atomic E-state index is 0.597. The highest BCUT2D eigenvalue weighted by Gasteiger charge is 2.17. The fourth-order valence-electron chi connectivity index (χ4n) is 7.32. The summed E-state index contributed by atoms with van der Waals surface area (Å²) in [7, 11) is 0. The van der Waals surface area contributed by atoms with E-state index in [-0.39, 0.29) is 0 Å². The zero-order chi connectivity index (χ0) is 34.3. The third-order valence-electron chi connectivity index (χ3n) is 9.72. The van der Waals surface area contributed by atoms with Crippen molar-refractivity contribution in [1.29, 1.82) is 10.5 Å². The van der Waals surface area contributed by atoms with Crippen LogP contribution >= 0.6 is 0 Å². The van der Waals surface area contributed by atoms with E-state index in [1.54, 1.807) is 0 Å². The highest BCUT2D eigenvalue weighted by molar-refractivity contribution is 6.13. The van der Waals surface area contributed by atoms with E-state index in [1.165, 1.54) is 21.5 Å². The molecule has 0 saturated carbocycles. The summed E-state index contributed by atoms with van der Waals surface area (Å²) in [4.78, 5) is 0. The normalized spacial score (nSPS) is 11.1. The van der Waals surface area contributed by atoms with Gasteiger partial charge >= 0.3 is 0 Å². The lowest BCUT2D eigenvalue weighted by atomic mass is 9.92. The van der Waals surface area contributed by atoms with Crippen LogP contribution in [0.2, 0.25) is 0 Å². The predicted molar refractivity (Wildman–Crippen MR) is 209 cm³/mol. The maximum absolute atomic E-state index is 10.2. The summed E-state index contributed by atoms with van der Waals surface area (Å²) in [6.45, 7) is 0. The molecule has 3 heteroatoms. The largest absolute Gasteiger partial charge is 0.309 e. The van der Waals surface area contributed by atoms with Crippen LogP contribution in [-0.2, 0) is 0 Å². The Balaban J connectivity index is 1.35. The molecule has 0 aliphatic heterocycles. The Kier molecular flexibility index (Phi) is 7.24. The predicted octanol–water partition coefficient (Wildman–Crippen LogP) is 12.3. The van der Waals surface area contributed by atoms with Crippen molar-refractivity contribution >= 4 is 32.6 Å². The second-order valence-electron chi connectivity index (χ2n) is 12.9. The number of hydrogen-bond acceptors (Lipinski definition) is 2. The van der Waals surface area contributed by atoms with E-state index in [0.29, 0.717) is 11.1 Å². The smallest absolute Gasteiger partial charge is 0.0992 e. The van der Waals surface area contributed by atoms with Gasteiger partial charge in [0.25, 0.3) is 0 Å². The third-order valence-corrected chi connectivity index (χ3v) is 9.72. The molecule has 0 amide bonds. The standard InChI is InChI=1S/C48H29N3/c49-30-32-19-38(34-11-3-1-4-12-34)23-40(21-32)42-25-43(41-22-33(31-50)20-39(24-41)35-13-5-2-6-14-35)27-44(26-42)51-47-18-10-9-17-45(47)46-28-36-15-7-8-16-37(36)29-48(46)51/h1-29H. The van der Waals surface area contributed by atoms with Gasteiger partial charge in [-0.05, 0) is 128 Å². The van der Waals surface area contributed by atoms with Gasteiger partial charge in [0.1, 0.15) is 0 Å². The van der Waals surface area contributed by atoms with E-state index in [4.69, 9.17) is 0 Å². The second-order valence-corrected chi connectivity index (χ2v) is 12.9. The van der Waals surface area contributed by atoms with Gasteiger partial charge in [-0.1, -0.05) is 103 Å². The highest BCUT2D eigenvalue weighted by Crippen LogP contribution is 2.39. The summed E-state index contributed by atoms with van der Waals surface area (Å²) in [5.74, 6) is 0. The van der Waals surface area contributed by atoms with Gasteiger partial charge in [0, 0.05) is 16.5 Å². The van der Waals surface area contributed by atoms with Gasteiger partial charge < -0.3 is 4.57 Å². The summed E-state index contributed by atoms with van der Waals surface area (Å²) in [5.41, 5.74) is 12.3. The molecule has 0 spiro atoms. The van der Waals surface area contributed by atoms with Gasteiger partial charge in [0.05, 0.1) is 34.3 Å². The lowest BCUT2D eigenvalue weighted by molar-refractivity contribution is 1.18. The SMILES string of the molecule is N#Cc1cc(-c2ccccc2)cc(-c2cc(-c3cc(C#N)cc(-c4ccccc4)c3)cc(-n3c4ccccc4c4cc5ccccc5cc43)c2)c1. The van der Waals surface area contributed by atoms with Crippen molar-refractivity contribution in [3.63, 3.8) is 0 Å². The summed E-state index contributed by atoms with van der Waals surface area (Å²) in [6, 6.07) is 65.6. The summed E-state index contributed by atoms with van der Waals surface area (Å²) < 4.78 is 2.35. The molecule has 0 saturated heterocycles. The Morgan fingerprint density at radius 2 is 0.765 bits per heavy atom. The molecule has 0 aliphatic rings. The number of fused-ring (bicyclic) bond motifs is 4. The van der Waals surface area contributed by atoms with E-state index in [9.17, 15) is 10.5 Å². The molecule has 0 unspecified atom stereocenters. The number of rotatable bonds is 5. The van der Waals surface area contributed by atoms with Crippen LogP contribution in [0.3, 0.4) is 0 Å². The average molecular weight is 648 g/mol. The van der Waals surface area contributed by atoms with Gasteiger partial charge in [-0.2, -0.15) is 10.5 Å². The molecular formula is C48H29N3. The number of para-hydroxylation sites is 1. The first kappa shape index (κ1) is 29.9. The molecule has 0 aliphatic carbocycles. The maximum atomic E-state index is 10.2. The van der Waals surface area contributed by atoms with Crippen molar-refractivity contribution in [2.75, 3.05) is 0 Å². The molecule has 9 aromatic rings. The summed E-state index contributed by atoms with van der Waals surface area (Å²) >= 11 is 0. The molecule has 3 nitrogen and oxygen atoms in total. The minimum atomic E-state index is 0.597. The van der Waals surface area contributed by atoms with Gasteiger partial charge in [-0.3, -0.25) is 0 Å². The number of hydrogen-bond donors (Lipinski definition) is 0. The van der Waals surface area contributed by atoms with Crippen LogP contribution in [0.5, 0.6) is 0 Å². The second kappa shape index (κ2) is 12.4. The molecule has 0 N–H and O–H groups in total. The zero-order valence-corrected chi connectivity index (χ0v) is 27.6. The van der Waals surface area contributed by atoms with Crippen molar-refractivity contribution in [2.45, 2.75) is 0 Å². The first-order chi connectivity index (χ1) is 25.1. The monoisotopic (exact) mass is 647 g/mol. The summed E-state index contributed by atoms with van der Waals surface area (Å²) in [5, 5.41) is 25.0. The van der Waals surface area contributed by atoms with E-state index in [0.717, 1.165) is 61.2 Å². The van der Waals surface area contributed by atoms with E-state index in [1.807, 2.05) is 60.7 Å². The van der Waals surface area contributed by atoms with E-state index < -0.39 is 0 Å². The van der Waals surface area contributed by atoms with Gasteiger partial charge in [0.15, 0.2) is 0 Å². The molecule has 0 fully saturated rings. The van der Waals surface area contributed by atoms with Crippen molar-refractivity contribution in [3.8, 4) is 62.3 Å². The summed E-state index contributed by atoms with van der Waals surface area (Å²) in [6.07, 6.45) is 0. The van der Waals surface area contributed by atoms with Crippen LogP contribution in [0.4, 0.5) is 0 Å². The minimum Gasteiger partial charge on any atom is -0.309 e. The molecule has 51 heavy (non-hydrogen) atoms. The Labute approximate surface area is 296 Å². The van der Waals surface area contributed by atoms with Gasteiger partial charge in [0.2, 0.25) is 0 Å². The van der Waals surface area contributed by atoms with Crippen LogP contribution in [0, 0.1) is 22.7 Å². The lowest BCUT2D eigenvalue weighted by Crippen LogP contribution is -1.97. The van der Waals surface area contributed by atoms with Crippen molar-refractivity contribution < 1.29 is 0 Å². The molecule has 0 bridgehead atoms. The van der Waals surface area contributed by atoms with Gasteiger partial charge in [-0.15, -0.1) is 0 Å². The van der Waals surface area contributed by atoms with Crippen LogP contribution in [0.1, 0.15) is 11.1 Å². The molecule has 0 atom stereocenters. The lowest BCUT2D eigenvalue weighted by Gasteiger charge is -2.16. The van der Waals surface area contributed by atoms with Crippen LogP contribution < -0.4 is 0 Å². The zero-order valence-electron chi connectivity index (χ0n) is 27.6. The first-order valence-electron chi connectivity index (χ1n) is 16.9. The third kappa shape index (κ3) is 5.41. The quantitative estimate of drug-likeness (QED) is 0.187. The Bertz CT molecular complexity index is 2750. The van der Waals surface area contributed by atoms with Crippen molar-refractivity contribution in [3.05, 3.63) is 187 Å². The van der Waals surface area contributed by atoms with Crippen LogP contribution in [-0.4, -0.2) is 4.57 Å². The number of benzene rings is 8. The molecule has 236 valence electrons. The van der Waals surface area contributed by atoms with Crippen molar-refractivity contribution in [2.24, 2.45) is 0 Å².